The first-order valence-corrected chi connectivity index (χ1v) is 6.12. The Morgan fingerprint density at radius 2 is 1.35 bits per heavy atom. The van der Waals surface area contributed by atoms with Gasteiger partial charge in [-0.25, -0.2) is 0 Å². The maximum absolute atomic E-state index is 2.39. The molecule has 2 aromatic rings. The molecular weight excluding hydrogens is 204 g/mol. The van der Waals surface area contributed by atoms with Crippen molar-refractivity contribution in [3.63, 3.8) is 0 Å². The molecular formula is C17H19. The van der Waals surface area contributed by atoms with Crippen LogP contribution in [-0.2, 0) is 11.8 Å². The van der Waals surface area contributed by atoms with E-state index >= 15 is 0 Å². The standard InChI is InChI=1S/C17H19/c1-17(2,16-11-7-4-8-12-16)14-13-15-9-5-3-6-10-15/h3-12,14H,13H2,1-2H3. The molecule has 0 heteroatoms. The third kappa shape index (κ3) is 3.20. The van der Waals surface area contributed by atoms with E-state index < -0.39 is 0 Å². The second kappa shape index (κ2) is 5.18. The Kier molecular flexibility index (Phi) is 3.63. The molecule has 0 fully saturated rings. The molecule has 0 aromatic heterocycles. The predicted molar refractivity (Wildman–Crippen MR) is 73.9 cm³/mol. The van der Waals surface area contributed by atoms with Gasteiger partial charge in [-0.2, -0.15) is 0 Å². The van der Waals surface area contributed by atoms with Crippen LogP contribution in [0.5, 0.6) is 0 Å². The van der Waals surface area contributed by atoms with Gasteiger partial charge in [0.25, 0.3) is 0 Å². The molecule has 0 aliphatic carbocycles. The van der Waals surface area contributed by atoms with Gasteiger partial charge in [0.05, 0.1) is 0 Å². The highest BCUT2D eigenvalue weighted by Gasteiger charge is 2.19. The number of benzene rings is 2. The van der Waals surface area contributed by atoms with Crippen LogP contribution in [0, 0.1) is 6.42 Å². The van der Waals surface area contributed by atoms with E-state index in [1.54, 1.807) is 0 Å². The fourth-order valence-electron chi connectivity index (χ4n) is 1.97. The zero-order valence-corrected chi connectivity index (χ0v) is 10.6. The quantitative estimate of drug-likeness (QED) is 0.720. The highest BCUT2D eigenvalue weighted by molar-refractivity contribution is 5.28. The summed E-state index contributed by atoms with van der Waals surface area (Å²) in [5.41, 5.74) is 2.87. The van der Waals surface area contributed by atoms with Crippen LogP contribution in [0.4, 0.5) is 0 Å². The molecule has 0 aliphatic heterocycles. The largest absolute Gasteiger partial charge is 0.0622 e. The Morgan fingerprint density at radius 1 is 0.824 bits per heavy atom. The zero-order chi connectivity index (χ0) is 12.1. The van der Waals surface area contributed by atoms with Crippen LogP contribution in [0.2, 0.25) is 0 Å². The van der Waals surface area contributed by atoms with E-state index in [2.05, 4.69) is 80.9 Å². The number of hydrogen-bond acceptors (Lipinski definition) is 0. The smallest absolute Gasteiger partial charge is 0.00691 e. The van der Waals surface area contributed by atoms with E-state index in [0.717, 1.165) is 6.42 Å². The predicted octanol–water partition coefficient (Wildman–Crippen LogP) is 4.41. The summed E-state index contributed by atoms with van der Waals surface area (Å²) in [5.74, 6) is 0. The van der Waals surface area contributed by atoms with Crippen LogP contribution in [-0.4, -0.2) is 0 Å². The minimum absolute atomic E-state index is 0.122. The molecule has 17 heavy (non-hydrogen) atoms. The molecule has 0 spiro atoms. The fourth-order valence-corrected chi connectivity index (χ4v) is 1.97. The summed E-state index contributed by atoms with van der Waals surface area (Å²) in [4.78, 5) is 0. The van der Waals surface area contributed by atoms with Gasteiger partial charge in [-0.05, 0) is 29.4 Å². The van der Waals surface area contributed by atoms with Crippen molar-refractivity contribution in [3.05, 3.63) is 78.2 Å². The molecule has 0 atom stereocenters. The fraction of sp³-hybridized carbons (Fsp3) is 0.235. The Labute approximate surface area is 104 Å². The summed E-state index contributed by atoms with van der Waals surface area (Å²) >= 11 is 0. The van der Waals surface area contributed by atoms with Crippen molar-refractivity contribution >= 4 is 0 Å². The topological polar surface area (TPSA) is 0 Å². The van der Waals surface area contributed by atoms with Gasteiger partial charge in [0.2, 0.25) is 0 Å². The molecule has 2 aromatic carbocycles. The average Bonchev–Trinajstić information content (AvgIpc) is 2.39. The molecule has 0 amide bonds. The van der Waals surface area contributed by atoms with E-state index in [1.807, 2.05) is 0 Å². The van der Waals surface area contributed by atoms with Crippen molar-refractivity contribution in [3.8, 4) is 0 Å². The first-order valence-electron chi connectivity index (χ1n) is 6.12. The molecule has 0 saturated heterocycles. The lowest BCUT2D eigenvalue weighted by Gasteiger charge is -2.25. The molecule has 0 heterocycles. The Bertz CT molecular complexity index is 440. The second-order valence-corrected chi connectivity index (χ2v) is 4.98. The van der Waals surface area contributed by atoms with E-state index in [4.69, 9.17) is 0 Å². The zero-order valence-electron chi connectivity index (χ0n) is 10.6. The van der Waals surface area contributed by atoms with Crippen molar-refractivity contribution in [2.75, 3.05) is 0 Å². The highest BCUT2D eigenvalue weighted by Crippen LogP contribution is 2.27. The van der Waals surface area contributed by atoms with Gasteiger partial charge >= 0.3 is 0 Å². The van der Waals surface area contributed by atoms with Crippen LogP contribution >= 0.6 is 0 Å². The lowest BCUT2D eigenvalue weighted by Crippen LogP contribution is -2.18. The first kappa shape index (κ1) is 11.9. The minimum atomic E-state index is 0.122. The van der Waals surface area contributed by atoms with Crippen LogP contribution in [0.15, 0.2) is 60.7 Å². The second-order valence-electron chi connectivity index (χ2n) is 4.98. The summed E-state index contributed by atoms with van der Waals surface area (Å²) in [6.07, 6.45) is 3.40. The van der Waals surface area contributed by atoms with Gasteiger partial charge < -0.3 is 0 Å². The lowest BCUT2D eigenvalue weighted by molar-refractivity contribution is 0.598. The summed E-state index contributed by atoms with van der Waals surface area (Å²) in [6.45, 7) is 4.54. The molecule has 0 N–H and O–H groups in total. The average molecular weight is 223 g/mol. The van der Waals surface area contributed by atoms with E-state index in [9.17, 15) is 0 Å². The van der Waals surface area contributed by atoms with Gasteiger partial charge in [0, 0.05) is 0 Å². The molecule has 1 radical (unpaired) electrons. The third-order valence-electron chi connectivity index (χ3n) is 3.21. The van der Waals surface area contributed by atoms with Crippen LogP contribution in [0.1, 0.15) is 25.0 Å². The van der Waals surface area contributed by atoms with E-state index in [1.165, 1.54) is 11.1 Å². The van der Waals surface area contributed by atoms with E-state index in [-0.39, 0.29) is 5.41 Å². The maximum atomic E-state index is 2.39. The Hall–Kier alpha value is -1.56. The molecule has 0 unspecified atom stereocenters. The van der Waals surface area contributed by atoms with Gasteiger partial charge in [0.1, 0.15) is 0 Å². The molecule has 0 saturated carbocycles. The van der Waals surface area contributed by atoms with Gasteiger partial charge in [0.15, 0.2) is 0 Å². The SMILES string of the molecule is CC(C)([CH]Cc1ccccc1)c1ccccc1. The van der Waals surface area contributed by atoms with Crippen LogP contribution < -0.4 is 0 Å². The number of hydrogen-bond donors (Lipinski definition) is 0. The van der Waals surface area contributed by atoms with Crippen LogP contribution in [0.3, 0.4) is 0 Å². The minimum Gasteiger partial charge on any atom is -0.0622 e. The van der Waals surface area contributed by atoms with E-state index in [0.29, 0.717) is 0 Å². The van der Waals surface area contributed by atoms with Gasteiger partial charge in [-0.1, -0.05) is 74.5 Å². The van der Waals surface area contributed by atoms with Crippen molar-refractivity contribution in [1.82, 2.24) is 0 Å². The molecule has 0 bridgehead atoms. The van der Waals surface area contributed by atoms with Crippen LogP contribution in [0.25, 0.3) is 0 Å². The summed E-state index contributed by atoms with van der Waals surface area (Å²) in [7, 11) is 0. The van der Waals surface area contributed by atoms with Crippen molar-refractivity contribution in [2.45, 2.75) is 25.7 Å². The molecule has 0 aliphatic rings. The Balaban J connectivity index is 2.03. The normalized spacial score (nSPS) is 11.4. The number of rotatable bonds is 4. The first-order chi connectivity index (χ1) is 8.18. The van der Waals surface area contributed by atoms with Gasteiger partial charge in [-0.15, -0.1) is 0 Å². The molecule has 0 nitrogen and oxygen atoms in total. The van der Waals surface area contributed by atoms with Crippen molar-refractivity contribution < 1.29 is 0 Å². The molecule has 87 valence electrons. The third-order valence-corrected chi connectivity index (χ3v) is 3.21. The summed E-state index contributed by atoms with van der Waals surface area (Å²) in [5, 5.41) is 0. The van der Waals surface area contributed by atoms with Crippen molar-refractivity contribution in [1.29, 1.82) is 0 Å². The summed E-state index contributed by atoms with van der Waals surface area (Å²) in [6, 6.07) is 21.3. The summed E-state index contributed by atoms with van der Waals surface area (Å²) < 4.78 is 0. The molecule has 2 rings (SSSR count). The monoisotopic (exact) mass is 223 g/mol. The lowest BCUT2D eigenvalue weighted by atomic mass is 9.80. The maximum Gasteiger partial charge on any atom is -0.00691 e. The Morgan fingerprint density at radius 3 is 1.94 bits per heavy atom. The van der Waals surface area contributed by atoms with Crippen molar-refractivity contribution in [2.24, 2.45) is 0 Å². The van der Waals surface area contributed by atoms with Gasteiger partial charge in [-0.3, -0.25) is 0 Å². The highest BCUT2D eigenvalue weighted by atomic mass is 14.2.